The van der Waals surface area contributed by atoms with Gasteiger partial charge >= 0.3 is 0 Å². The number of nitrogens with zero attached hydrogens (tertiary/aromatic N) is 1. The highest BCUT2D eigenvalue weighted by atomic mass is 35.5. The van der Waals surface area contributed by atoms with Gasteiger partial charge in [0.1, 0.15) is 0 Å². The van der Waals surface area contributed by atoms with Crippen LogP contribution in [-0.4, -0.2) is 24.5 Å². The molecule has 1 aromatic heterocycles. The summed E-state index contributed by atoms with van der Waals surface area (Å²) < 4.78 is 0. The van der Waals surface area contributed by atoms with E-state index in [-0.39, 0.29) is 5.91 Å². The van der Waals surface area contributed by atoms with Gasteiger partial charge in [0.15, 0.2) is 0 Å². The monoisotopic (exact) mass is 213 g/mol. The second kappa shape index (κ2) is 5.57. The molecule has 0 aliphatic rings. The lowest BCUT2D eigenvalue weighted by Crippen LogP contribution is -2.31. The quantitative estimate of drug-likeness (QED) is 0.769. The lowest BCUT2D eigenvalue weighted by atomic mass is 10.3. The number of hydrogen-bond acceptors (Lipinski definition) is 3. The van der Waals surface area contributed by atoms with Crippen LogP contribution in [0.3, 0.4) is 0 Å². The van der Waals surface area contributed by atoms with Crippen LogP contribution in [0.1, 0.15) is 5.69 Å². The molecule has 1 rings (SSSR count). The molecule has 14 heavy (non-hydrogen) atoms. The summed E-state index contributed by atoms with van der Waals surface area (Å²) in [4.78, 5) is 15.1. The van der Waals surface area contributed by atoms with E-state index in [0.717, 1.165) is 5.69 Å². The van der Waals surface area contributed by atoms with Gasteiger partial charge in [-0.2, -0.15) is 0 Å². The second-order valence-electron chi connectivity index (χ2n) is 2.77. The van der Waals surface area contributed by atoms with Gasteiger partial charge in [-0.1, -0.05) is 11.6 Å². The normalized spacial score (nSPS) is 9.86. The molecule has 1 amide bonds. The standard InChI is InChI=1S/C9H12ClN3O/c1-11-6-9(14)13-5-8-3-2-7(10)4-12-8/h2-4,11H,5-6H2,1H3,(H,13,14). The fourth-order valence-corrected chi connectivity index (χ4v) is 1.04. The number of carbonyl (C=O) groups excluding carboxylic acids is 1. The zero-order chi connectivity index (χ0) is 10.4. The first-order valence-electron chi connectivity index (χ1n) is 4.24. The number of nitrogens with one attached hydrogen (secondary N) is 2. The summed E-state index contributed by atoms with van der Waals surface area (Å²) in [5.41, 5.74) is 0.791. The molecule has 0 bridgehead atoms. The Morgan fingerprint density at radius 2 is 2.36 bits per heavy atom. The number of pyridine rings is 1. The molecule has 5 heteroatoms. The van der Waals surface area contributed by atoms with Crippen LogP contribution in [0.4, 0.5) is 0 Å². The van der Waals surface area contributed by atoms with Gasteiger partial charge in [-0.15, -0.1) is 0 Å². The Hall–Kier alpha value is -1.13. The number of carbonyl (C=O) groups is 1. The summed E-state index contributed by atoms with van der Waals surface area (Å²) >= 11 is 5.66. The Kier molecular flexibility index (Phi) is 4.35. The zero-order valence-corrected chi connectivity index (χ0v) is 8.64. The lowest BCUT2D eigenvalue weighted by Gasteiger charge is -2.03. The Balaban J connectivity index is 2.38. The van der Waals surface area contributed by atoms with Crippen molar-refractivity contribution in [2.75, 3.05) is 13.6 Å². The number of rotatable bonds is 4. The maximum absolute atomic E-state index is 11.1. The largest absolute Gasteiger partial charge is 0.349 e. The van der Waals surface area contributed by atoms with Gasteiger partial charge in [0, 0.05) is 6.20 Å². The number of halogens is 1. The molecule has 0 saturated heterocycles. The molecule has 0 spiro atoms. The van der Waals surface area contributed by atoms with Crippen LogP contribution in [0.2, 0.25) is 5.02 Å². The van der Waals surface area contributed by atoms with Gasteiger partial charge in [0.25, 0.3) is 0 Å². The molecule has 2 N–H and O–H groups in total. The van der Waals surface area contributed by atoms with E-state index in [1.165, 1.54) is 0 Å². The fourth-order valence-electron chi connectivity index (χ4n) is 0.923. The number of amides is 1. The van der Waals surface area contributed by atoms with E-state index in [1.807, 2.05) is 0 Å². The summed E-state index contributed by atoms with van der Waals surface area (Å²) in [6, 6.07) is 3.52. The van der Waals surface area contributed by atoms with Crippen molar-refractivity contribution in [2.24, 2.45) is 0 Å². The van der Waals surface area contributed by atoms with Gasteiger partial charge < -0.3 is 10.6 Å². The van der Waals surface area contributed by atoms with Crippen molar-refractivity contribution in [3.63, 3.8) is 0 Å². The Morgan fingerprint density at radius 1 is 1.57 bits per heavy atom. The topological polar surface area (TPSA) is 54.0 Å². The minimum atomic E-state index is -0.0516. The van der Waals surface area contributed by atoms with E-state index < -0.39 is 0 Å². The number of hydrogen-bond donors (Lipinski definition) is 2. The van der Waals surface area contributed by atoms with Gasteiger partial charge in [0.05, 0.1) is 23.8 Å². The first kappa shape index (κ1) is 10.9. The predicted octanol–water partition coefficient (Wildman–Crippen LogP) is 0.571. The molecule has 0 aliphatic heterocycles. The first-order valence-corrected chi connectivity index (χ1v) is 4.62. The van der Waals surface area contributed by atoms with Crippen LogP contribution in [0, 0.1) is 0 Å². The average molecular weight is 214 g/mol. The van der Waals surface area contributed by atoms with E-state index in [0.29, 0.717) is 18.1 Å². The van der Waals surface area contributed by atoms with Gasteiger partial charge in [-0.25, -0.2) is 0 Å². The van der Waals surface area contributed by atoms with E-state index in [1.54, 1.807) is 25.4 Å². The third kappa shape index (κ3) is 3.72. The molecule has 0 aromatic carbocycles. The van der Waals surface area contributed by atoms with E-state index in [4.69, 9.17) is 11.6 Å². The maximum atomic E-state index is 11.1. The van der Waals surface area contributed by atoms with Crippen molar-refractivity contribution in [3.05, 3.63) is 29.0 Å². The van der Waals surface area contributed by atoms with E-state index >= 15 is 0 Å². The lowest BCUT2D eigenvalue weighted by molar-refractivity contribution is -0.120. The summed E-state index contributed by atoms with van der Waals surface area (Å²) in [5, 5.41) is 6.06. The first-order chi connectivity index (χ1) is 6.72. The molecule has 0 radical (unpaired) electrons. The molecule has 0 fully saturated rings. The molecule has 0 atom stereocenters. The molecule has 0 unspecified atom stereocenters. The number of likely N-dealkylation sites (N-methyl/N-ethyl adjacent to an activating group) is 1. The Labute approximate surface area is 87.7 Å². The van der Waals surface area contributed by atoms with Crippen molar-refractivity contribution < 1.29 is 4.79 Å². The third-order valence-corrected chi connectivity index (χ3v) is 1.82. The fraction of sp³-hybridized carbons (Fsp3) is 0.333. The molecule has 76 valence electrons. The average Bonchev–Trinajstić information content (AvgIpc) is 2.17. The molecule has 1 heterocycles. The Bertz CT molecular complexity index is 299. The highest BCUT2D eigenvalue weighted by Gasteiger charge is 1.99. The highest BCUT2D eigenvalue weighted by Crippen LogP contribution is 2.05. The second-order valence-corrected chi connectivity index (χ2v) is 3.21. The van der Waals surface area contributed by atoms with Crippen LogP contribution in [-0.2, 0) is 11.3 Å². The van der Waals surface area contributed by atoms with Crippen molar-refractivity contribution in [1.29, 1.82) is 0 Å². The van der Waals surface area contributed by atoms with E-state index in [2.05, 4.69) is 15.6 Å². The van der Waals surface area contributed by atoms with Crippen LogP contribution in [0.25, 0.3) is 0 Å². The molecule has 0 aliphatic carbocycles. The molecule has 1 aromatic rings. The molecular weight excluding hydrogens is 202 g/mol. The molecule has 4 nitrogen and oxygen atoms in total. The van der Waals surface area contributed by atoms with Crippen LogP contribution >= 0.6 is 11.6 Å². The van der Waals surface area contributed by atoms with Crippen LogP contribution < -0.4 is 10.6 Å². The van der Waals surface area contributed by atoms with Crippen LogP contribution in [0.15, 0.2) is 18.3 Å². The van der Waals surface area contributed by atoms with Crippen molar-refractivity contribution in [3.8, 4) is 0 Å². The maximum Gasteiger partial charge on any atom is 0.234 e. The van der Waals surface area contributed by atoms with Gasteiger partial charge in [-0.3, -0.25) is 9.78 Å². The van der Waals surface area contributed by atoms with Crippen molar-refractivity contribution in [1.82, 2.24) is 15.6 Å². The van der Waals surface area contributed by atoms with Crippen molar-refractivity contribution >= 4 is 17.5 Å². The van der Waals surface area contributed by atoms with Crippen LogP contribution in [0.5, 0.6) is 0 Å². The molecule has 0 saturated carbocycles. The summed E-state index contributed by atoms with van der Waals surface area (Å²) in [6.07, 6.45) is 1.56. The smallest absolute Gasteiger partial charge is 0.234 e. The number of aromatic nitrogens is 1. The minimum absolute atomic E-state index is 0.0516. The summed E-state index contributed by atoms with van der Waals surface area (Å²) in [5.74, 6) is -0.0516. The van der Waals surface area contributed by atoms with E-state index in [9.17, 15) is 4.79 Å². The molecular formula is C9H12ClN3O. The summed E-state index contributed by atoms with van der Waals surface area (Å²) in [7, 11) is 1.72. The Morgan fingerprint density at radius 3 is 2.93 bits per heavy atom. The predicted molar refractivity (Wildman–Crippen MR) is 55.0 cm³/mol. The third-order valence-electron chi connectivity index (χ3n) is 1.59. The zero-order valence-electron chi connectivity index (χ0n) is 7.88. The minimum Gasteiger partial charge on any atom is -0.349 e. The summed E-state index contributed by atoms with van der Waals surface area (Å²) in [6.45, 7) is 0.741. The van der Waals surface area contributed by atoms with Gasteiger partial charge in [-0.05, 0) is 19.2 Å². The van der Waals surface area contributed by atoms with Crippen molar-refractivity contribution in [2.45, 2.75) is 6.54 Å². The highest BCUT2D eigenvalue weighted by molar-refractivity contribution is 6.30. The SMILES string of the molecule is CNCC(=O)NCc1ccc(Cl)cn1. The van der Waals surface area contributed by atoms with Gasteiger partial charge in [0.2, 0.25) is 5.91 Å².